The van der Waals surface area contributed by atoms with Crippen LogP contribution in [0.1, 0.15) is 29.1 Å². The van der Waals surface area contributed by atoms with Gasteiger partial charge in [0, 0.05) is 30.8 Å². The summed E-state index contributed by atoms with van der Waals surface area (Å²) in [5.41, 5.74) is -0.0248. The van der Waals surface area contributed by atoms with Crippen LogP contribution in [0.2, 0.25) is 0 Å². The van der Waals surface area contributed by atoms with Crippen molar-refractivity contribution < 1.29 is 23.3 Å². The van der Waals surface area contributed by atoms with E-state index in [2.05, 4.69) is 22.1 Å². The van der Waals surface area contributed by atoms with Gasteiger partial charge in [-0.3, -0.25) is 9.36 Å². The Balaban J connectivity index is 1.79. The third kappa shape index (κ3) is 7.59. The summed E-state index contributed by atoms with van der Waals surface area (Å²) in [6.45, 7) is 12.1. The molecule has 1 aliphatic rings. The largest absolute Gasteiger partial charge is 0.382 e. The molecule has 0 bridgehead atoms. The van der Waals surface area contributed by atoms with Crippen molar-refractivity contribution in [3.8, 4) is 0 Å². The van der Waals surface area contributed by atoms with Crippen molar-refractivity contribution in [2.75, 3.05) is 45.5 Å². The monoisotopic (exact) mass is 534 g/mol. The van der Waals surface area contributed by atoms with E-state index in [-0.39, 0.29) is 35.0 Å². The number of methoxy groups -OCH3 is 1. The predicted molar refractivity (Wildman–Crippen MR) is 140 cm³/mol. The zero-order valence-corrected chi connectivity index (χ0v) is 22.2. The Morgan fingerprint density at radius 2 is 2.00 bits per heavy atom. The number of anilines is 1. The summed E-state index contributed by atoms with van der Waals surface area (Å²) in [5, 5.41) is 2.34. The van der Waals surface area contributed by atoms with Crippen molar-refractivity contribution >= 4 is 31.9 Å². The summed E-state index contributed by atoms with van der Waals surface area (Å²) < 4.78 is 24.8. The van der Waals surface area contributed by atoms with Crippen molar-refractivity contribution in [2.24, 2.45) is 0 Å². The molecule has 10 nitrogen and oxygen atoms in total. The lowest BCUT2D eigenvalue weighted by atomic mass is 10.1. The molecule has 194 valence electrons. The molecule has 12 heteroatoms. The van der Waals surface area contributed by atoms with Crippen molar-refractivity contribution in [1.29, 1.82) is 0 Å². The molecule has 2 unspecified atom stereocenters. The molecule has 1 aliphatic heterocycles. The molecular weight excluding hydrogens is 503 g/mol. The predicted octanol–water partition coefficient (Wildman–Crippen LogP) is 3.81. The molecule has 1 aromatic carbocycles. The summed E-state index contributed by atoms with van der Waals surface area (Å²) in [4.78, 5) is 32.9. The van der Waals surface area contributed by atoms with Crippen LogP contribution in [0, 0.1) is 6.57 Å². The van der Waals surface area contributed by atoms with Crippen LogP contribution in [0.4, 0.5) is 5.82 Å². The van der Waals surface area contributed by atoms with E-state index in [9.17, 15) is 9.59 Å². The summed E-state index contributed by atoms with van der Waals surface area (Å²) in [6, 6.07) is 10.3. The van der Waals surface area contributed by atoms with Crippen LogP contribution in [0.25, 0.3) is 4.85 Å². The second-order valence-corrected chi connectivity index (χ2v) is 10.6. The third-order valence-electron chi connectivity index (χ3n) is 5.41. The average Bonchev–Trinajstić information content (AvgIpc) is 3.21. The van der Waals surface area contributed by atoms with E-state index in [1.165, 1.54) is 4.57 Å². The number of aromatic nitrogens is 2. The van der Waals surface area contributed by atoms with Gasteiger partial charge in [-0.2, -0.15) is 4.98 Å². The van der Waals surface area contributed by atoms with Crippen molar-refractivity contribution in [3.05, 3.63) is 70.1 Å². The Morgan fingerprint density at radius 3 is 2.67 bits per heavy atom. The van der Waals surface area contributed by atoms with Crippen LogP contribution in [-0.4, -0.2) is 73.1 Å². The number of thioether (sulfide) groups is 1. The zero-order chi connectivity index (χ0) is 25.9. The van der Waals surface area contributed by atoms with Gasteiger partial charge in [0.25, 0.3) is 5.91 Å². The lowest BCUT2D eigenvalue weighted by molar-refractivity contribution is -0.0451. The summed E-state index contributed by atoms with van der Waals surface area (Å²) in [5.74, 6) is -0.166. The van der Waals surface area contributed by atoms with Gasteiger partial charge in [0.05, 0.1) is 13.2 Å². The van der Waals surface area contributed by atoms with Crippen LogP contribution in [0.3, 0.4) is 0 Å². The normalized spacial score (nSPS) is 22.2. The fraction of sp³-hybridized carbons (Fsp3) is 0.500. The first-order chi connectivity index (χ1) is 17.5. The Bertz CT molecular complexity index is 1080. The van der Waals surface area contributed by atoms with Gasteiger partial charge < -0.3 is 28.7 Å². The Morgan fingerprint density at radius 1 is 1.22 bits per heavy atom. The van der Waals surface area contributed by atoms with E-state index in [0.717, 1.165) is 6.42 Å². The van der Waals surface area contributed by atoms with E-state index in [1.54, 1.807) is 55.4 Å². The summed E-state index contributed by atoms with van der Waals surface area (Å²) in [7, 11) is 0.366. The standard InChI is InChI=1S/C24H31N4O6PS/c1-5-18-20(34-35(4)33-14-12-25-2)21(32-16-15-31-3)23(36-18)28-13-11-19(27-24(28)30)26-22(29)17-9-7-6-8-10-17/h6-11,13,18,20-21,23H,5,12,14-16H2,1,3-4H3,(H,26,27,29,30)/t18-,20?,21+,23-,35?/m1/s1. The minimum atomic E-state index is -1.23. The topological polar surface area (TPSA) is 105 Å². The van der Waals surface area contributed by atoms with E-state index < -0.39 is 20.2 Å². The lowest BCUT2D eigenvalue weighted by Crippen LogP contribution is -2.39. The smallest absolute Gasteiger partial charge is 0.350 e. The lowest BCUT2D eigenvalue weighted by Gasteiger charge is -2.28. The van der Waals surface area contributed by atoms with Gasteiger partial charge in [-0.1, -0.05) is 25.1 Å². The molecule has 2 heterocycles. The number of rotatable bonds is 13. The molecule has 3 rings (SSSR count). The van der Waals surface area contributed by atoms with Crippen LogP contribution < -0.4 is 11.0 Å². The number of benzene rings is 1. The average molecular weight is 535 g/mol. The van der Waals surface area contributed by atoms with Crippen LogP contribution in [-0.2, 0) is 18.5 Å². The van der Waals surface area contributed by atoms with E-state index in [4.69, 9.17) is 25.1 Å². The number of carbonyl (C=O) groups is 1. The van der Waals surface area contributed by atoms with Gasteiger partial charge in [-0.25, -0.2) is 11.4 Å². The van der Waals surface area contributed by atoms with Gasteiger partial charge in [0.2, 0.25) is 6.54 Å². The molecule has 0 aliphatic carbocycles. The number of ether oxygens (including phenoxy) is 2. The number of hydrogen-bond donors (Lipinski definition) is 1. The second-order valence-electron chi connectivity index (χ2n) is 7.85. The third-order valence-corrected chi connectivity index (χ3v) is 8.23. The minimum Gasteiger partial charge on any atom is -0.382 e. The molecule has 1 N–H and O–H groups in total. The molecule has 1 fully saturated rings. The van der Waals surface area contributed by atoms with Crippen LogP contribution in [0.5, 0.6) is 0 Å². The molecule has 0 spiro atoms. The number of hydrogen-bond acceptors (Lipinski definition) is 8. The minimum absolute atomic E-state index is 0.0568. The number of carbonyl (C=O) groups excluding carboxylic acids is 1. The van der Waals surface area contributed by atoms with Crippen molar-refractivity contribution in [1.82, 2.24) is 9.55 Å². The maximum absolute atomic E-state index is 13.0. The summed E-state index contributed by atoms with van der Waals surface area (Å²) >= 11 is 1.59. The molecule has 36 heavy (non-hydrogen) atoms. The Hall–Kier alpha value is -2.32. The summed E-state index contributed by atoms with van der Waals surface area (Å²) in [6.07, 6.45) is 1.65. The van der Waals surface area contributed by atoms with Crippen LogP contribution >= 0.6 is 20.1 Å². The number of nitrogens with zero attached hydrogens (tertiary/aromatic N) is 3. The highest BCUT2D eigenvalue weighted by Crippen LogP contribution is 2.50. The Kier molecular flexibility index (Phi) is 11.3. The quantitative estimate of drug-likeness (QED) is 0.235. The number of amides is 1. The van der Waals surface area contributed by atoms with Crippen molar-refractivity contribution in [3.63, 3.8) is 0 Å². The first kappa shape index (κ1) is 28.3. The molecule has 0 radical (unpaired) electrons. The van der Waals surface area contributed by atoms with Gasteiger partial charge in [0.15, 0.2) is 8.38 Å². The first-order valence-corrected chi connectivity index (χ1v) is 14.1. The first-order valence-electron chi connectivity index (χ1n) is 11.6. The molecule has 1 saturated heterocycles. The van der Waals surface area contributed by atoms with Gasteiger partial charge >= 0.3 is 5.69 Å². The van der Waals surface area contributed by atoms with Gasteiger partial charge in [0.1, 0.15) is 30.0 Å². The SMILES string of the molecule is [C-]#[N+]CCOP(C)OC1[C@@H](CC)S[C@@H](n2ccc(NC(=O)c3ccccc3)nc2=O)[C@H]1OCCOC. The maximum atomic E-state index is 13.0. The molecule has 1 amide bonds. The van der Waals surface area contributed by atoms with E-state index in [0.29, 0.717) is 25.4 Å². The fourth-order valence-electron chi connectivity index (χ4n) is 3.70. The molecule has 0 saturated carbocycles. The molecular formula is C24H31N4O6PS. The van der Waals surface area contributed by atoms with Gasteiger partial charge in [-0.15, -0.1) is 11.8 Å². The highest BCUT2D eigenvalue weighted by molar-refractivity contribution is 8.00. The van der Waals surface area contributed by atoms with E-state index >= 15 is 0 Å². The highest BCUT2D eigenvalue weighted by atomic mass is 32.2. The molecule has 1 aromatic heterocycles. The van der Waals surface area contributed by atoms with Gasteiger partial charge in [-0.05, 0) is 24.6 Å². The van der Waals surface area contributed by atoms with E-state index in [1.807, 2.05) is 12.7 Å². The molecule has 2 aromatic rings. The fourth-order valence-corrected chi connectivity index (χ4v) is 6.39. The highest BCUT2D eigenvalue weighted by Gasteiger charge is 2.47. The van der Waals surface area contributed by atoms with Crippen molar-refractivity contribution in [2.45, 2.75) is 36.2 Å². The number of nitrogens with one attached hydrogen (secondary N) is 1. The Labute approximate surface area is 216 Å². The zero-order valence-electron chi connectivity index (χ0n) is 20.5. The maximum Gasteiger partial charge on any atom is 0.350 e. The molecule has 5 atom stereocenters. The van der Waals surface area contributed by atoms with Crippen LogP contribution in [0.15, 0.2) is 47.4 Å². The second kappa shape index (κ2) is 14.4.